The van der Waals surface area contributed by atoms with Crippen molar-refractivity contribution in [3.8, 4) is 6.07 Å². The minimum absolute atomic E-state index is 0.604. The summed E-state index contributed by atoms with van der Waals surface area (Å²) in [5.41, 5.74) is 0.747. The van der Waals surface area contributed by atoms with Gasteiger partial charge in [0.15, 0.2) is 0 Å². The molecule has 0 rings (SSSR count). The van der Waals surface area contributed by atoms with Gasteiger partial charge in [0, 0.05) is 39.4 Å². The quantitative estimate of drug-likeness (QED) is 0.566. The monoisotopic (exact) mass is 154 g/mol. The van der Waals surface area contributed by atoms with Crippen molar-refractivity contribution in [1.29, 1.82) is 5.26 Å². The van der Waals surface area contributed by atoms with Gasteiger partial charge in [0.05, 0.1) is 12.7 Å². The molecule has 3 heteroatoms. The standard InChI is InChI=1S/C8H14N2O/c1-10(2)7-8(6-9)4-5-11-3/h7H,4-5H2,1-3H3/b8-7-. The minimum Gasteiger partial charge on any atom is -0.384 e. The highest BCUT2D eigenvalue weighted by molar-refractivity contribution is 5.19. The second kappa shape index (κ2) is 5.75. The molecule has 0 spiro atoms. The SMILES string of the molecule is COCC/C(C#N)=C/N(C)C. The van der Waals surface area contributed by atoms with E-state index < -0.39 is 0 Å². The molecule has 0 heterocycles. The number of hydrogen-bond acceptors (Lipinski definition) is 3. The minimum atomic E-state index is 0.604. The summed E-state index contributed by atoms with van der Waals surface area (Å²) >= 11 is 0. The lowest BCUT2D eigenvalue weighted by Crippen LogP contribution is -2.03. The van der Waals surface area contributed by atoms with Crippen LogP contribution in [0.1, 0.15) is 6.42 Å². The number of ether oxygens (including phenoxy) is 1. The van der Waals surface area contributed by atoms with Gasteiger partial charge >= 0.3 is 0 Å². The molecule has 0 aromatic carbocycles. The van der Waals surface area contributed by atoms with Crippen molar-refractivity contribution in [1.82, 2.24) is 4.90 Å². The van der Waals surface area contributed by atoms with Crippen LogP contribution < -0.4 is 0 Å². The van der Waals surface area contributed by atoms with Gasteiger partial charge in [-0.15, -0.1) is 0 Å². The predicted molar refractivity (Wildman–Crippen MR) is 43.9 cm³/mol. The number of methoxy groups -OCH3 is 1. The van der Waals surface area contributed by atoms with E-state index in [4.69, 9.17) is 10.00 Å². The van der Waals surface area contributed by atoms with Crippen molar-refractivity contribution in [3.05, 3.63) is 11.8 Å². The highest BCUT2D eigenvalue weighted by Crippen LogP contribution is 1.99. The van der Waals surface area contributed by atoms with Gasteiger partial charge in [-0.2, -0.15) is 5.26 Å². The van der Waals surface area contributed by atoms with E-state index in [0.717, 1.165) is 5.57 Å². The second-order valence-corrected chi connectivity index (χ2v) is 2.47. The molecule has 0 aliphatic heterocycles. The van der Waals surface area contributed by atoms with Crippen LogP contribution in [0.2, 0.25) is 0 Å². The summed E-state index contributed by atoms with van der Waals surface area (Å²) in [6.07, 6.45) is 2.49. The van der Waals surface area contributed by atoms with E-state index >= 15 is 0 Å². The Balaban J connectivity index is 3.87. The van der Waals surface area contributed by atoms with E-state index in [2.05, 4.69) is 6.07 Å². The third-order valence-electron chi connectivity index (χ3n) is 1.13. The zero-order valence-corrected chi connectivity index (χ0v) is 7.29. The van der Waals surface area contributed by atoms with Crippen LogP contribution in [-0.2, 0) is 4.74 Å². The Morgan fingerprint density at radius 1 is 1.64 bits per heavy atom. The summed E-state index contributed by atoms with van der Waals surface area (Å²) < 4.78 is 4.85. The van der Waals surface area contributed by atoms with Crippen molar-refractivity contribution in [3.63, 3.8) is 0 Å². The summed E-state index contributed by atoms with van der Waals surface area (Å²) in [4.78, 5) is 1.86. The summed E-state index contributed by atoms with van der Waals surface area (Å²) in [7, 11) is 5.42. The van der Waals surface area contributed by atoms with Crippen LogP contribution in [0, 0.1) is 11.3 Å². The number of nitrogens with zero attached hydrogens (tertiary/aromatic N) is 2. The van der Waals surface area contributed by atoms with E-state index in [1.54, 1.807) is 13.3 Å². The molecule has 0 bridgehead atoms. The van der Waals surface area contributed by atoms with Gasteiger partial charge in [-0.05, 0) is 0 Å². The highest BCUT2D eigenvalue weighted by Gasteiger charge is 1.94. The maximum Gasteiger partial charge on any atom is 0.0963 e. The lowest BCUT2D eigenvalue weighted by atomic mass is 10.2. The normalized spacial score (nSPS) is 10.9. The summed E-state index contributed by atoms with van der Waals surface area (Å²) in [6.45, 7) is 0.604. The van der Waals surface area contributed by atoms with Gasteiger partial charge in [-0.1, -0.05) is 0 Å². The van der Waals surface area contributed by atoms with Crippen LogP contribution in [0.3, 0.4) is 0 Å². The van der Waals surface area contributed by atoms with Gasteiger partial charge in [-0.3, -0.25) is 0 Å². The molecule has 0 unspecified atom stereocenters. The van der Waals surface area contributed by atoms with Gasteiger partial charge < -0.3 is 9.64 Å². The Kier molecular flexibility index (Phi) is 5.22. The fourth-order valence-corrected chi connectivity index (χ4v) is 0.673. The third kappa shape index (κ3) is 5.43. The second-order valence-electron chi connectivity index (χ2n) is 2.47. The highest BCUT2D eigenvalue weighted by atomic mass is 16.5. The third-order valence-corrected chi connectivity index (χ3v) is 1.13. The van der Waals surface area contributed by atoms with Crippen LogP contribution in [0.25, 0.3) is 0 Å². The van der Waals surface area contributed by atoms with Crippen LogP contribution in [0.15, 0.2) is 11.8 Å². The summed E-state index contributed by atoms with van der Waals surface area (Å²) in [5, 5.41) is 8.60. The van der Waals surface area contributed by atoms with Crippen molar-refractivity contribution < 1.29 is 4.74 Å². The summed E-state index contributed by atoms with van der Waals surface area (Å²) in [6, 6.07) is 2.11. The smallest absolute Gasteiger partial charge is 0.0963 e. The van der Waals surface area contributed by atoms with Crippen LogP contribution >= 0.6 is 0 Å². The maximum absolute atomic E-state index is 8.60. The molecule has 0 fully saturated rings. The lowest BCUT2D eigenvalue weighted by Gasteiger charge is -2.05. The van der Waals surface area contributed by atoms with Crippen molar-refractivity contribution in [2.75, 3.05) is 27.8 Å². The van der Waals surface area contributed by atoms with Crippen LogP contribution in [0.5, 0.6) is 0 Å². The molecule has 62 valence electrons. The molecular weight excluding hydrogens is 140 g/mol. The molecular formula is C8H14N2O. The molecule has 0 aromatic rings. The van der Waals surface area contributed by atoms with E-state index in [-0.39, 0.29) is 0 Å². The van der Waals surface area contributed by atoms with Crippen molar-refractivity contribution >= 4 is 0 Å². The van der Waals surface area contributed by atoms with Gasteiger partial charge in [-0.25, -0.2) is 0 Å². The van der Waals surface area contributed by atoms with Crippen molar-refractivity contribution in [2.24, 2.45) is 0 Å². The molecule has 11 heavy (non-hydrogen) atoms. The Morgan fingerprint density at radius 3 is 2.64 bits per heavy atom. The lowest BCUT2D eigenvalue weighted by molar-refractivity contribution is 0.202. The Labute approximate surface area is 67.9 Å². The molecule has 0 saturated heterocycles. The van der Waals surface area contributed by atoms with E-state index in [1.807, 2.05) is 19.0 Å². The first kappa shape index (κ1) is 9.99. The Morgan fingerprint density at radius 2 is 2.27 bits per heavy atom. The fourth-order valence-electron chi connectivity index (χ4n) is 0.673. The Bertz CT molecular complexity index is 167. The number of hydrogen-bond donors (Lipinski definition) is 0. The molecule has 0 aliphatic carbocycles. The molecule has 0 radical (unpaired) electrons. The first-order valence-electron chi connectivity index (χ1n) is 3.47. The fraction of sp³-hybridized carbons (Fsp3) is 0.625. The molecule has 0 atom stereocenters. The first-order chi connectivity index (χ1) is 5.20. The van der Waals surface area contributed by atoms with Crippen LogP contribution in [0.4, 0.5) is 0 Å². The van der Waals surface area contributed by atoms with E-state index in [1.165, 1.54) is 0 Å². The van der Waals surface area contributed by atoms with Crippen molar-refractivity contribution in [2.45, 2.75) is 6.42 Å². The number of nitriles is 1. The summed E-state index contributed by atoms with van der Waals surface area (Å²) in [5.74, 6) is 0. The molecule has 0 aromatic heterocycles. The zero-order valence-electron chi connectivity index (χ0n) is 7.29. The molecule has 3 nitrogen and oxygen atoms in total. The maximum atomic E-state index is 8.60. The van der Waals surface area contributed by atoms with Crippen LogP contribution in [-0.4, -0.2) is 32.7 Å². The van der Waals surface area contributed by atoms with Gasteiger partial charge in [0.2, 0.25) is 0 Å². The van der Waals surface area contributed by atoms with E-state index in [9.17, 15) is 0 Å². The van der Waals surface area contributed by atoms with Gasteiger partial charge in [0.25, 0.3) is 0 Å². The molecule has 0 N–H and O–H groups in total. The average molecular weight is 154 g/mol. The largest absolute Gasteiger partial charge is 0.384 e. The van der Waals surface area contributed by atoms with E-state index in [0.29, 0.717) is 13.0 Å². The average Bonchev–Trinajstić information content (AvgIpc) is 1.97. The molecule has 0 amide bonds. The molecule has 0 saturated carbocycles. The van der Waals surface area contributed by atoms with Gasteiger partial charge in [0.1, 0.15) is 0 Å². The topological polar surface area (TPSA) is 36.3 Å². The first-order valence-corrected chi connectivity index (χ1v) is 3.47. The predicted octanol–water partition coefficient (Wildman–Crippen LogP) is 0.992. The zero-order chi connectivity index (χ0) is 8.69. The molecule has 0 aliphatic rings. The number of rotatable bonds is 4. The Hall–Kier alpha value is -1.01.